The van der Waals surface area contributed by atoms with E-state index in [9.17, 15) is 19.5 Å². The first-order valence-corrected chi connectivity index (χ1v) is 9.43. The van der Waals surface area contributed by atoms with Crippen molar-refractivity contribution in [2.75, 3.05) is 0 Å². The highest BCUT2D eigenvalue weighted by Gasteiger charge is 2.23. The minimum Gasteiger partial charge on any atom is -0.481 e. The van der Waals surface area contributed by atoms with Crippen molar-refractivity contribution in [1.29, 1.82) is 0 Å². The molecule has 1 aromatic heterocycles. The van der Waals surface area contributed by atoms with Crippen molar-refractivity contribution in [3.05, 3.63) is 85.2 Å². The summed E-state index contributed by atoms with van der Waals surface area (Å²) in [6.45, 7) is 0. The maximum atomic E-state index is 12.7. The second-order valence-electron chi connectivity index (χ2n) is 6.11. The molecule has 0 spiro atoms. The van der Waals surface area contributed by atoms with Crippen LogP contribution in [0.2, 0.25) is 15.1 Å². The number of carboxylic acids is 1. The first-order valence-electron chi connectivity index (χ1n) is 8.30. The zero-order chi connectivity index (χ0) is 21.1. The fraction of sp³-hybridized carbons (Fsp3) is 0.105. The normalized spacial score (nSPS) is 11.8. The molecule has 3 aromatic rings. The molecule has 1 unspecified atom stereocenters. The molecule has 1 atom stereocenters. The molecule has 0 aliphatic heterocycles. The number of nitrogens with one attached hydrogen (secondary N) is 2. The number of nitrogens with zero attached hydrogens (tertiary/aromatic N) is 1. The summed E-state index contributed by atoms with van der Waals surface area (Å²) in [6, 6.07) is 11.1. The Morgan fingerprint density at radius 1 is 1.03 bits per heavy atom. The predicted octanol–water partition coefficient (Wildman–Crippen LogP) is 4.07. The van der Waals surface area contributed by atoms with Crippen LogP contribution in [-0.4, -0.2) is 26.8 Å². The molecule has 2 aromatic carbocycles. The lowest BCUT2D eigenvalue weighted by Crippen LogP contribution is -2.30. The van der Waals surface area contributed by atoms with Crippen LogP contribution in [0, 0.1) is 0 Å². The Labute approximate surface area is 179 Å². The minimum absolute atomic E-state index is 0.0431. The molecule has 0 radical (unpaired) electrons. The quantitative estimate of drug-likeness (QED) is 0.522. The van der Waals surface area contributed by atoms with E-state index in [1.165, 1.54) is 16.8 Å². The number of aliphatic carboxylic acids is 1. The van der Waals surface area contributed by atoms with Gasteiger partial charge in [0.1, 0.15) is 5.69 Å². The Bertz CT molecular complexity index is 1120. The molecule has 0 saturated carbocycles. The Balaban J connectivity index is 1.89. The molecule has 150 valence electrons. The summed E-state index contributed by atoms with van der Waals surface area (Å²) in [5.41, 5.74) is 0.333. The Morgan fingerprint density at radius 2 is 1.69 bits per heavy atom. The van der Waals surface area contributed by atoms with Crippen LogP contribution in [0.25, 0.3) is 5.69 Å². The number of benzene rings is 2. The molecule has 1 amide bonds. The second-order valence-corrected chi connectivity index (χ2v) is 7.39. The lowest BCUT2D eigenvalue weighted by atomic mass is 10.0. The number of rotatable bonds is 6. The zero-order valence-electron chi connectivity index (χ0n) is 14.7. The number of carboxylic acid groups (broad SMARTS) is 1. The van der Waals surface area contributed by atoms with Gasteiger partial charge in [-0.25, -0.2) is 4.68 Å². The standard InChI is InChI=1S/C19H14Cl3N3O4/c20-10-1-4-12(5-2-10)25-17(26)8-16(24-25)19(29)23-15(9-18(27)28)13-7-11(21)3-6-14(13)22/h1-8,15,24H,9H2,(H,23,29)(H,27,28). The van der Waals surface area contributed by atoms with Gasteiger partial charge in [-0.2, -0.15) is 0 Å². The first kappa shape index (κ1) is 21.0. The summed E-state index contributed by atoms with van der Waals surface area (Å²) < 4.78 is 1.17. The second kappa shape index (κ2) is 8.73. The van der Waals surface area contributed by atoms with Crippen molar-refractivity contribution in [2.45, 2.75) is 12.5 Å². The SMILES string of the molecule is O=C(O)CC(NC(=O)c1cc(=O)n(-c2ccc(Cl)cc2)[nH]1)c1cc(Cl)ccc1Cl. The van der Waals surface area contributed by atoms with Gasteiger partial charge in [0.25, 0.3) is 11.5 Å². The molecule has 0 fully saturated rings. The number of aromatic nitrogens is 2. The third-order valence-electron chi connectivity index (χ3n) is 4.07. The number of hydrogen-bond acceptors (Lipinski definition) is 3. The molecule has 3 N–H and O–H groups in total. The van der Waals surface area contributed by atoms with Gasteiger partial charge in [0.2, 0.25) is 0 Å². The van der Waals surface area contributed by atoms with Crippen LogP contribution >= 0.6 is 34.8 Å². The minimum atomic E-state index is -1.14. The van der Waals surface area contributed by atoms with E-state index in [1.807, 2.05) is 0 Å². The number of halogens is 3. The van der Waals surface area contributed by atoms with Crippen LogP contribution in [0.3, 0.4) is 0 Å². The predicted molar refractivity (Wildman–Crippen MR) is 110 cm³/mol. The van der Waals surface area contributed by atoms with Gasteiger partial charge in [-0.3, -0.25) is 19.5 Å². The molecule has 0 saturated heterocycles. The summed E-state index contributed by atoms with van der Waals surface area (Å²) in [5, 5.41) is 15.6. The first-order chi connectivity index (χ1) is 13.7. The largest absolute Gasteiger partial charge is 0.481 e. The summed E-state index contributed by atoms with van der Waals surface area (Å²) in [4.78, 5) is 36.2. The number of aromatic amines is 1. The molecule has 3 rings (SSSR count). The molecule has 1 heterocycles. The molecule has 7 nitrogen and oxygen atoms in total. The molecular formula is C19H14Cl3N3O4. The van der Waals surface area contributed by atoms with E-state index in [0.29, 0.717) is 21.3 Å². The van der Waals surface area contributed by atoms with Crippen molar-refractivity contribution in [3.8, 4) is 5.69 Å². The van der Waals surface area contributed by atoms with Gasteiger partial charge in [0.05, 0.1) is 18.2 Å². The Morgan fingerprint density at radius 3 is 2.34 bits per heavy atom. The van der Waals surface area contributed by atoms with Crippen LogP contribution in [-0.2, 0) is 4.79 Å². The summed E-state index contributed by atoms with van der Waals surface area (Å²) in [7, 11) is 0. The zero-order valence-corrected chi connectivity index (χ0v) is 16.9. The fourth-order valence-corrected chi connectivity index (χ4v) is 3.28. The van der Waals surface area contributed by atoms with Gasteiger partial charge in [0.15, 0.2) is 0 Å². The van der Waals surface area contributed by atoms with Crippen molar-refractivity contribution in [2.24, 2.45) is 0 Å². The van der Waals surface area contributed by atoms with E-state index in [-0.39, 0.29) is 10.7 Å². The van der Waals surface area contributed by atoms with Crippen LogP contribution < -0.4 is 10.9 Å². The molecule has 0 aliphatic rings. The topological polar surface area (TPSA) is 104 Å². The van der Waals surface area contributed by atoms with Crippen molar-refractivity contribution >= 4 is 46.7 Å². The van der Waals surface area contributed by atoms with Crippen molar-refractivity contribution in [3.63, 3.8) is 0 Å². The maximum absolute atomic E-state index is 12.7. The highest BCUT2D eigenvalue weighted by molar-refractivity contribution is 6.33. The van der Waals surface area contributed by atoms with Crippen LogP contribution in [0.4, 0.5) is 0 Å². The van der Waals surface area contributed by atoms with Gasteiger partial charge in [0, 0.05) is 21.1 Å². The fourth-order valence-electron chi connectivity index (χ4n) is 2.73. The average Bonchev–Trinajstić information content (AvgIpc) is 3.05. The monoisotopic (exact) mass is 453 g/mol. The highest BCUT2D eigenvalue weighted by atomic mass is 35.5. The molecule has 0 aliphatic carbocycles. The van der Waals surface area contributed by atoms with E-state index in [4.69, 9.17) is 34.8 Å². The molecule has 29 heavy (non-hydrogen) atoms. The van der Waals surface area contributed by atoms with Crippen LogP contribution in [0.15, 0.2) is 53.3 Å². The number of carbonyl (C=O) groups is 2. The van der Waals surface area contributed by atoms with Gasteiger partial charge < -0.3 is 10.4 Å². The van der Waals surface area contributed by atoms with Gasteiger partial charge in [-0.15, -0.1) is 0 Å². The van der Waals surface area contributed by atoms with Gasteiger partial charge in [-0.05, 0) is 48.0 Å². The lowest BCUT2D eigenvalue weighted by molar-refractivity contribution is -0.137. The molecular weight excluding hydrogens is 441 g/mol. The van der Waals surface area contributed by atoms with Crippen molar-refractivity contribution < 1.29 is 14.7 Å². The Hall–Kier alpha value is -2.74. The summed E-state index contributed by atoms with van der Waals surface area (Å²) in [5.74, 6) is -1.81. The maximum Gasteiger partial charge on any atom is 0.305 e. The number of carbonyl (C=O) groups excluding carboxylic acids is 1. The average molecular weight is 455 g/mol. The highest BCUT2D eigenvalue weighted by Crippen LogP contribution is 2.28. The van der Waals surface area contributed by atoms with E-state index in [2.05, 4.69) is 10.4 Å². The number of hydrogen-bond donors (Lipinski definition) is 3. The molecule has 10 heteroatoms. The smallest absolute Gasteiger partial charge is 0.305 e. The third-order valence-corrected chi connectivity index (χ3v) is 4.90. The van der Waals surface area contributed by atoms with Crippen LogP contribution in [0.5, 0.6) is 0 Å². The van der Waals surface area contributed by atoms with E-state index in [0.717, 1.165) is 6.07 Å². The lowest BCUT2D eigenvalue weighted by Gasteiger charge is -2.18. The van der Waals surface area contributed by atoms with Crippen LogP contribution in [0.1, 0.15) is 28.5 Å². The number of amides is 1. The summed E-state index contributed by atoms with van der Waals surface area (Å²) in [6.07, 6.45) is -0.423. The Kier molecular flexibility index (Phi) is 6.32. The van der Waals surface area contributed by atoms with Gasteiger partial charge in [-0.1, -0.05) is 34.8 Å². The molecule has 0 bridgehead atoms. The van der Waals surface area contributed by atoms with Crippen molar-refractivity contribution in [1.82, 2.24) is 15.1 Å². The van der Waals surface area contributed by atoms with E-state index >= 15 is 0 Å². The van der Waals surface area contributed by atoms with E-state index in [1.54, 1.807) is 30.3 Å². The summed E-state index contributed by atoms with van der Waals surface area (Å²) >= 11 is 18.0. The van der Waals surface area contributed by atoms with Gasteiger partial charge >= 0.3 is 5.97 Å². The third kappa shape index (κ3) is 5.00. The number of H-pyrrole nitrogens is 1. The van der Waals surface area contributed by atoms with E-state index < -0.39 is 29.9 Å².